The normalized spacial score (nSPS) is 15.5. The largest absolute Gasteiger partial charge is 0.333 e. The molecule has 8 nitrogen and oxygen atoms in total. The average Bonchev–Trinajstić information content (AvgIpc) is 3.15. The fourth-order valence-electron chi connectivity index (χ4n) is 3.66. The number of urea groups is 1. The summed E-state index contributed by atoms with van der Waals surface area (Å²) in [4.78, 5) is 26.4. The first kappa shape index (κ1) is 21.8. The van der Waals surface area contributed by atoms with Gasteiger partial charge in [-0.05, 0) is 74.0 Å². The van der Waals surface area contributed by atoms with Crippen molar-refractivity contribution >= 4 is 45.3 Å². The molecule has 1 aromatic heterocycles. The van der Waals surface area contributed by atoms with Crippen LogP contribution in [0, 0.1) is 13.8 Å². The van der Waals surface area contributed by atoms with Gasteiger partial charge in [0.05, 0.1) is 10.6 Å². The highest BCUT2D eigenvalue weighted by Crippen LogP contribution is 2.27. The van der Waals surface area contributed by atoms with Crippen LogP contribution >= 0.6 is 11.6 Å². The number of nitrogens with two attached hydrogens (primary N) is 1. The second-order valence-corrected chi connectivity index (χ2v) is 9.31. The van der Waals surface area contributed by atoms with E-state index >= 15 is 0 Å². The molecule has 3 aromatic rings. The minimum Gasteiger partial charge on any atom is -0.318 e. The van der Waals surface area contributed by atoms with E-state index < -0.39 is 22.0 Å². The van der Waals surface area contributed by atoms with Gasteiger partial charge < -0.3 is 9.88 Å². The summed E-state index contributed by atoms with van der Waals surface area (Å²) in [5.41, 5.74) is 3.65. The molecule has 0 bridgehead atoms. The molecule has 1 fully saturated rings. The Morgan fingerprint density at radius 3 is 2.31 bits per heavy atom. The van der Waals surface area contributed by atoms with Gasteiger partial charge in [-0.1, -0.05) is 17.7 Å². The molecule has 1 saturated heterocycles. The second kappa shape index (κ2) is 7.94. The van der Waals surface area contributed by atoms with E-state index in [0.29, 0.717) is 10.7 Å². The molecule has 2 heterocycles. The number of nitrogens with one attached hydrogen (secondary N) is 1. The maximum atomic E-state index is 12.9. The van der Waals surface area contributed by atoms with E-state index in [0.717, 1.165) is 27.5 Å². The molecular formula is C22H19ClN4O4S. The Morgan fingerprint density at radius 1 is 1.00 bits per heavy atom. The van der Waals surface area contributed by atoms with Crippen LogP contribution < -0.4 is 15.4 Å². The van der Waals surface area contributed by atoms with Gasteiger partial charge in [-0.2, -0.15) is 0 Å². The van der Waals surface area contributed by atoms with Gasteiger partial charge in [0.2, 0.25) is 10.0 Å². The lowest BCUT2D eigenvalue weighted by molar-refractivity contribution is -0.113. The van der Waals surface area contributed by atoms with Gasteiger partial charge in [-0.25, -0.2) is 23.3 Å². The number of anilines is 1. The summed E-state index contributed by atoms with van der Waals surface area (Å²) in [6, 6.07) is 14.0. The SMILES string of the molecule is Cc1cc(/C=C2\NC(=O)N(c3cccc(Cl)c3)C2=O)c(C)n1-c1ccc(S(N)(=O)=O)cc1. The number of halogens is 1. The lowest BCUT2D eigenvalue weighted by atomic mass is 10.2. The molecule has 0 aliphatic carbocycles. The third-order valence-corrected chi connectivity index (χ3v) is 6.30. The van der Waals surface area contributed by atoms with E-state index in [4.69, 9.17) is 16.7 Å². The van der Waals surface area contributed by atoms with Crippen LogP contribution in [-0.2, 0) is 14.8 Å². The Balaban J connectivity index is 1.69. The molecule has 164 valence electrons. The van der Waals surface area contributed by atoms with Crippen LogP contribution in [-0.4, -0.2) is 24.9 Å². The fourth-order valence-corrected chi connectivity index (χ4v) is 4.36. The molecule has 3 amide bonds. The molecule has 0 saturated carbocycles. The van der Waals surface area contributed by atoms with Gasteiger partial charge >= 0.3 is 6.03 Å². The van der Waals surface area contributed by atoms with Crippen LogP contribution in [0.25, 0.3) is 11.8 Å². The van der Waals surface area contributed by atoms with E-state index in [-0.39, 0.29) is 10.6 Å². The minimum atomic E-state index is -3.78. The second-order valence-electron chi connectivity index (χ2n) is 7.31. The van der Waals surface area contributed by atoms with Crippen molar-refractivity contribution in [3.05, 3.63) is 82.3 Å². The number of hydrogen-bond donors (Lipinski definition) is 2. The zero-order chi connectivity index (χ0) is 23.2. The summed E-state index contributed by atoms with van der Waals surface area (Å²) < 4.78 is 24.9. The van der Waals surface area contributed by atoms with Crippen molar-refractivity contribution in [1.29, 1.82) is 0 Å². The van der Waals surface area contributed by atoms with Crippen molar-refractivity contribution in [2.75, 3.05) is 4.90 Å². The molecule has 0 atom stereocenters. The van der Waals surface area contributed by atoms with Gasteiger partial charge in [-0.15, -0.1) is 0 Å². The number of carbonyl (C=O) groups is 2. The van der Waals surface area contributed by atoms with Crippen molar-refractivity contribution < 1.29 is 18.0 Å². The Morgan fingerprint density at radius 2 is 1.69 bits per heavy atom. The van der Waals surface area contributed by atoms with E-state index in [9.17, 15) is 18.0 Å². The molecule has 0 unspecified atom stereocenters. The monoisotopic (exact) mass is 470 g/mol. The Kier molecular flexibility index (Phi) is 5.41. The number of hydrogen-bond acceptors (Lipinski definition) is 4. The van der Waals surface area contributed by atoms with E-state index in [2.05, 4.69) is 5.32 Å². The standard InChI is InChI=1S/C22H19ClN4O4S/c1-13-10-15(14(2)26(13)17-6-8-19(9-7-17)32(24,30)31)11-20-21(28)27(22(29)25-20)18-5-3-4-16(23)12-18/h3-12H,1-2H3,(H,25,29)(H2,24,30,31)/b20-11-. The Bertz CT molecular complexity index is 1390. The number of sulfonamides is 1. The van der Waals surface area contributed by atoms with Crippen LogP contribution in [0.4, 0.5) is 10.5 Å². The minimum absolute atomic E-state index is 0.0198. The quantitative estimate of drug-likeness (QED) is 0.448. The number of amides is 3. The van der Waals surface area contributed by atoms with Crippen molar-refractivity contribution in [2.45, 2.75) is 18.7 Å². The van der Waals surface area contributed by atoms with Gasteiger partial charge in [0, 0.05) is 22.1 Å². The van der Waals surface area contributed by atoms with Gasteiger partial charge in [0.25, 0.3) is 5.91 Å². The van der Waals surface area contributed by atoms with Crippen molar-refractivity contribution in [1.82, 2.24) is 9.88 Å². The number of rotatable bonds is 4. The highest BCUT2D eigenvalue weighted by atomic mass is 35.5. The number of carbonyl (C=O) groups excluding carboxylic acids is 2. The molecule has 2 aromatic carbocycles. The maximum Gasteiger partial charge on any atom is 0.333 e. The van der Waals surface area contributed by atoms with Crippen LogP contribution in [0.2, 0.25) is 5.02 Å². The molecule has 1 aliphatic heterocycles. The number of benzene rings is 2. The lowest BCUT2D eigenvalue weighted by Gasteiger charge is -2.11. The molecule has 0 spiro atoms. The number of nitrogens with zero attached hydrogens (tertiary/aromatic N) is 2. The molecule has 10 heteroatoms. The average molecular weight is 471 g/mol. The molecule has 0 radical (unpaired) electrons. The molecule has 4 rings (SSSR count). The first-order chi connectivity index (χ1) is 15.1. The summed E-state index contributed by atoms with van der Waals surface area (Å²) in [6.45, 7) is 3.75. The number of primary sulfonamides is 1. The Hall–Kier alpha value is -3.40. The third-order valence-electron chi connectivity index (χ3n) is 5.14. The first-order valence-corrected chi connectivity index (χ1v) is 11.4. The van der Waals surface area contributed by atoms with Crippen LogP contribution in [0.15, 0.2) is 65.2 Å². The van der Waals surface area contributed by atoms with Crippen LogP contribution in [0.1, 0.15) is 17.0 Å². The molecular weight excluding hydrogens is 452 g/mol. The van der Waals surface area contributed by atoms with Gasteiger partial charge in [-0.3, -0.25) is 4.79 Å². The summed E-state index contributed by atoms with van der Waals surface area (Å²) in [5.74, 6) is -0.487. The summed E-state index contributed by atoms with van der Waals surface area (Å²) in [5, 5.41) is 8.19. The van der Waals surface area contributed by atoms with Crippen molar-refractivity contribution in [3.63, 3.8) is 0 Å². The van der Waals surface area contributed by atoms with E-state index in [1.54, 1.807) is 42.5 Å². The highest BCUT2D eigenvalue weighted by molar-refractivity contribution is 7.89. The lowest BCUT2D eigenvalue weighted by Crippen LogP contribution is -2.30. The Labute approximate surface area is 189 Å². The molecule has 1 aliphatic rings. The van der Waals surface area contributed by atoms with Crippen LogP contribution in [0.5, 0.6) is 0 Å². The smallest absolute Gasteiger partial charge is 0.318 e. The zero-order valence-electron chi connectivity index (χ0n) is 17.2. The predicted octanol–water partition coefficient (Wildman–Crippen LogP) is 3.49. The maximum absolute atomic E-state index is 12.9. The molecule has 3 N–H and O–H groups in total. The number of imide groups is 1. The van der Waals surface area contributed by atoms with Crippen LogP contribution in [0.3, 0.4) is 0 Å². The van der Waals surface area contributed by atoms with Crippen molar-refractivity contribution in [2.24, 2.45) is 5.14 Å². The topological polar surface area (TPSA) is 114 Å². The van der Waals surface area contributed by atoms with E-state index in [1.165, 1.54) is 12.1 Å². The zero-order valence-corrected chi connectivity index (χ0v) is 18.7. The summed E-state index contributed by atoms with van der Waals surface area (Å²) >= 11 is 5.99. The molecule has 32 heavy (non-hydrogen) atoms. The third kappa shape index (κ3) is 3.93. The van der Waals surface area contributed by atoms with E-state index in [1.807, 2.05) is 24.5 Å². The van der Waals surface area contributed by atoms with Crippen molar-refractivity contribution in [3.8, 4) is 5.69 Å². The first-order valence-electron chi connectivity index (χ1n) is 9.51. The van der Waals surface area contributed by atoms with Gasteiger partial charge in [0.1, 0.15) is 5.70 Å². The van der Waals surface area contributed by atoms with Gasteiger partial charge in [0.15, 0.2) is 0 Å². The number of aryl methyl sites for hydroxylation is 1. The fraction of sp³-hybridized carbons (Fsp3) is 0.0909. The summed E-state index contributed by atoms with van der Waals surface area (Å²) in [7, 11) is -3.78. The highest BCUT2D eigenvalue weighted by Gasteiger charge is 2.35. The summed E-state index contributed by atoms with van der Waals surface area (Å²) in [6.07, 6.45) is 1.61. The number of aromatic nitrogens is 1. The predicted molar refractivity (Wildman–Crippen MR) is 122 cm³/mol.